The molecule has 1 saturated carbocycles. The molecule has 2 aliphatic heterocycles. The summed E-state index contributed by atoms with van der Waals surface area (Å²) in [6, 6.07) is 2.45. The number of rotatable bonds is 2. The quantitative estimate of drug-likeness (QED) is 0.828. The van der Waals surface area contributed by atoms with Gasteiger partial charge in [-0.25, -0.2) is 0 Å². The maximum absolute atomic E-state index is 13.0. The Bertz CT molecular complexity index is 608. The summed E-state index contributed by atoms with van der Waals surface area (Å²) in [6.07, 6.45) is 10.5. The van der Waals surface area contributed by atoms with Crippen LogP contribution in [0.15, 0.2) is 12.1 Å². The van der Waals surface area contributed by atoms with E-state index >= 15 is 0 Å². The van der Waals surface area contributed by atoms with Crippen LogP contribution in [0, 0.1) is 5.92 Å². The summed E-state index contributed by atoms with van der Waals surface area (Å²) in [5.74, 6) is 0.870. The van der Waals surface area contributed by atoms with Crippen LogP contribution in [0.5, 0.6) is 0 Å². The van der Waals surface area contributed by atoms with Crippen molar-refractivity contribution in [3.05, 3.63) is 22.7 Å². The minimum atomic E-state index is 0.150. The lowest BCUT2D eigenvalue weighted by Gasteiger charge is -2.43. The number of nitrogens with zero attached hydrogens (tertiary/aromatic N) is 2. The molecule has 2 unspecified atom stereocenters. The summed E-state index contributed by atoms with van der Waals surface area (Å²) in [5.41, 5.74) is 1.92. The van der Waals surface area contributed by atoms with Gasteiger partial charge in [-0.3, -0.25) is 4.79 Å². The molecular formula is C18H24N2O2S. The monoisotopic (exact) mass is 332 g/mol. The molecule has 0 spiro atoms. The van der Waals surface area contributed by atoms with Crippen molar-refractivity contribution in [3.63, 3.8) is 0 Å². The lowest BCUT2D eigenvalue weighted by atomic mass is 9.78. The van der Waals surface area contributed by atoms with Gasteiger partial charge < -0.3 is 9.64 Å². The number of likely N-dealkylation sites (tertiary alicyclic amines) is 1. The van der Waals surface area contributed by atoms with E-state index in [0.29, 0.717) is 18.3 Å². The van der Waals surface area contributed by atoms with E-state index in [4.69, 9.17) is 4.74 Å². The third-order valence-corrected chi connectivity index (χ3v) is 6.38. The molecule has 0 aromatic carbocycles. The van der Waals surface area contributed by atoms with Crippen molar-refractivity contribution in [3.8, 4) is 0 Å². The number of hydrogen-bond acceptors (Lipinski definition) is 4. The van der Waals surface area contributed by atoms with Crippen LogP contribution in [0.3, 0.4) is 0 Å². The van der Waals surface area contributed by atoms with Crippen LogP contribution in [0.1, 0.15) is 60.3 Å². The molecule has 23 heavy (non-hydrogen) atoms. The van der Waals surface area contributed by atoms with E-state index in [9.17, 15) is 4.79 Å². The number of carbonyl (C=O) groups excluding carboxylic acids is 1. The highest BCUT2D eigenvalue weighted by Gasteiger charge is 2.36. The number of ether oxygens (including phenoxy) is 1. The third-order valence-electron chi connectivity index (χ3n) is 5.51. The molecule has 1 aromatic rings. The molecule has 2 atom stereocenters. The average molecular weight is 332 g/mol. The van der Waals surface area contributed by atoms with Gasteiger partial charge in [-0.05, 0) is 61.2 Å². The van der Waals surface area contributed by atoms with E-state index in [2.05, 4.69) is 15.3 Å². The summed E-state index contributed by atoms with van der Waals surface area (Å²) >= 11 is 1.46. The molecule has 0 radical (unpaired) electrons. The standard InChI is InChI=1S/C18H24N2O2S/c21-18(20-9-3-5-13-4-1-2-6-16(13)20)15-12-17(23-19-15)14-7-10-22-11-8-14/h7,12-13,16H,1-6,8-11H2. The summed E-state index contributed by atoms with van der Waals surface area (Å²) in [5, 5.41) is 0. The van der Waals surface area contributed by atoms with Crippen molar-refractivity contribution in [2.75, 3.05) is 19.8 Å². The molecule has 124 valence electrons. The van der Waals surface area contributed by atoms with Crippen molar-refractivity contribution in [1.82, 2.24) is 9.27 Å². The number of carbonyl (C=O) groups is 1. The van der Waals surface area contributed by atoms with Crippen molar-refractivity contribution in [2.24, 2.45) is 5.92 Å². The molecule has 1 saturated heterocycles. The number of fused-ring (bicyclic) bond motifs is 1. The SMILES string of the molecule is O=C(c1cc(C2=CCOCC2)sn1)N1CCCC2CCCCC21. The first-order chi connectivity index (χ1) is 11.3. The largest absolute Gasteiger partial charge is 0.377 e. The predicted octanol–water partition coefficient (Wildman–Crippen LogP) is 3.74. The fourth-order valence-electron chi connectivity index (χ4n) is 4.30. The van der Waals surface area contributed by atoms with E-state index in [1.54, 1.807) is 0 Å². The second kappa shape index (κ2) is 6.73. The normalized spacial score (nSPS) is 28.2. The molecule has 3 aliphatic rings. The zero-order chi connectivity index (χ0) is 15.6. The first-order valence-electron chi connectivity index (χ1n) is 8.88. The van der Waals surface area contributed by atoms with E-state index in [0.717, 1.165) is 36.8 Å². The highest BCUT2D eigenvalue weighted by Crippen LogP contribution is 2.36. The van der Waals surface area contributed by atoms with E-state index < -0.39 is 0 Å². The molecule has 5 heteroatoms. The number of hydrogen-bond donors (Lipinski definition) is 0. The Morgan fingerprint density at radius 2 is 2.13 bits per heavy atom. The van der Waals surface area contributed by atoms with Gasteiger partial charge in [-0.15, -0.1) is 0 Å². The smallest absolute Gasteiger partial charge is 0.273 e. The van der Waals surface area contributed by atoms with Crippen LogP contribution in [-0.2, 0) is 4.74 Å². The van der Waals surface area contributed by atoms with Crippen molar-refractivity contribution < 1.29 is 9.53 Å². The molecule has 4 nitrogen and oxygen atoms in total. The summed E-state index contributed by atoms with van der Waals surface area (Å²) < 4.78 is 9.84. The van der Waals surface area contributed by atoms with Gasteiger partial charge in [0.2, 0.25) is 0 Å². The average Bonchev–Trinajstić information content (AvgIpc) is 3.11. The highest BCUT2D eigenvalue weighted by atomic mass is 32.1. The Morgan fingerprint density at radius 3 is 3.00 bits per heavy atom. The molecule has 0 bridgehead atoms. The minimum Gasteiger partial charge on any atom is -0.377 e. The number of piperidine rings is 1. The van der Waals surface area contributed by atoms with E-state index in [1.165, 1.54) is 49.2 Å². The summed E-state index contributed by atoms with van der Waals surface area (Å²) in [6.45, 7) is 2.35. The van der Waals surface area contributed by atoms with Crippen LogP contribution in [0.2, 0.25) is 0 Å². The van der Waals surface area contributed by atoms with Gasteiger partial charge in [0.05, 0.1) is 18.1 Å². The lowest BCUT2D eigenvalue weighted by Crippen LogP contribution is -2.49. The summed E-state index contributed by atoms with van der Waals surface area (Å²) in [4.78, 5) is 16.2. The van der Waals surface area contributed by atoms with Gasteiger partial charge in [0.15, 0.2) is 0 Å². The highest BCUT2D eigenvalue weighted by molar-refractivity contribution is 7.07. The molecule has 1 amide bonds. The maximum Gasteiger partial charge on any atom is 0.273 e. The lowest BCUT2D eigenvalue weighted by molar-refractivity contribution is 0.0386. The van der Waals surface area contributed by atoms with E-state index in [1.807, 2.05) is 6.07 Å². The van der Waals surface area contributed by atoms with Crippen LogP contribution in [0.4, 0.5) is 0 Å². The van der Waals surface area contributed by atoms with Crippen molar-refractivity contribution in [2.45, 2.75) is 51.0 Å². The van der Waals surface area contributed by atoms with Gasteiger partial charge in [-0.2, -0.15) is 4.37 Å². The van der Waals surface area contributed by atoms with Gasteiger partial charge >= 0.3 is 0 Å². The van der Waals surface area contributed by atoms with Gasteiger partial charge in [-0.1, -0.05) is 18.9 Å². The second-order valence-electron chi connectivity index (χ2n) is 6.88. The zero-order valence-electron chi connectivity index (χ0n) is 13.5. The van der Waals surface area contributed by atoms with E-state index in [-0.39, 0.29) is 5.91 Å². The fourth-order valence-corrected chi connectivity index (χ4v) is 5.10. The Labute approximate surface area is 141 Å². The molecule has 3 heterocycles. The molecule has 4 rings (SSSR count). The predicted molar refractivity (Wildman–Crippen MR) is 91.5 cm³/mol. The van der Waals surface area contributed by atoms with Crippen molar-refractivity contribution >= 4 is 23.0 Å². The Hall–Kier alpha value is -1.20. The Kier molecular flexibility index (Phi) is 4.49. The maximum atomic E-state index is 13.0. The molecule has 0 N–H and O–H groups in total. The number of aromatic nitrogens is 1. The first-order valence-corrected chi connectivity index (χ1v) is 9.65. The number of amides is 1. The van der Waals surface area contributed by atoms with Crippen LogP contribution in [0.25, 0.3) is 5.57 Å². The summed E-state index contributed by atoms with van der Waals surface area (Å²) in [7, 11) is 0. The van der Waals surface area contributed by atoms with Gasteiger partial charge in [0.1, 0.15) is 5.69 Å². The Balaban J connectivity index is 1.52. The Morgan fingerprint density at radius 1 is 1.26 bits per heavy atom. The molecular weight excluding hydrogens is 308 g/mol. The van der Waals surface area contributed by atoms with Crippen LogP contribution in [-0.4, -0.2) is 41.0 Å². The second-order valence-corrected chi connectivity index (χ2v) is 7.69. The topological polar surface area (TPSA) is 42.4 Å². The zero-order valence-corrected chi connectivity index (χ0v) is 14.3. The van der Waals surface area contributed by atoms with Gasteiger partial charge in [0, 0.05) is 12.6 Å². The fraction of sp³-hybridized carbons (Fsp3) is 0.667. The first kappa shape index (κ1) is 15.3. The third kappa shape index (κ3) is 3.09. The van der Waals surface area contributed by atoms with Gasteiger partial charge in [0.25, 0.3) is 5.91 Å². The van der Waals surface area contributed by atoms with Crippen LogP contribution < -0.4 is 0 Å². The molecule has 2 fully saturated rings. The molecule has 1 aliphatic carbocycles. The minimum absolute atomic E-state index is 0.150. The van der Waals surface area contributed by atoms with Crippen LogP contribution >= 0.6 is 11.5 Å². The van der Waals surface area contributed by atoms with Crippen molar-refractivity contribution in [1.29, 1.82) is 0 Å². The molecule has 1 aromatic heterocycles.